The number of hydrogen-bond donors (Lipinski definition) is 3. The first-order valence-corrected chi connectivity index (χ1v) is 12.6. The van der Waals surface area contributed by atoms with Crippen LogP contribution in [0.15, 0.2) is 65.6 Å². The number of nitrogens with one attached hydrogen (secondary N) is 2. The summed E-state index contributed by atoms with van der Waals surface area (Å²) in [6, 6.07) is 14.0. The lowest BCUT2D eigenvalue weighted by molar-refractivity contribution is 0.223. The van der Waals surface area contributed by atoms with Crippen LogP contribution in [0.2, 0.25) is 0 Å². The summed E-state index contributed by atoms with van der Waals surface area (Å²) in [5.74, 6) is 0.563. The van der Waals surface area contributed by atoms with Crippen molar-refractivity contribution in [3.05, 3.63) is 87.8 Å². The number of anilines is 1. The third-order valence-corrected chi connectivity index (χ3v) is 5.87. The van der Waals surface area contributed by atoms with Gasteiger partial charge in [-0.25, -0.2) is 8.42 Å². The molecule has 1 aromatic heterocycles. The van der Waals surface area contributed by atoms with Gasteiger partial charge in [-0.15, -0.1) is 0 Å². The summed E-state index contributed by atoms with van der Waals surface area (Å²) in [4.78, 5) is 15.1. The number of rotatable bonds is 7. The van der Waals surface area contributed by atoms with Crippen LogP contribution in [0.25, 0.3) is 17.2 Å². The van der Waals surface area contributed by atoms with Crippen molar-refractivity contribution in [3.8, 4) is 16.9 Å². The van der Waals surface area contributed by atoms with E-state index in [-0.39, 0.29) is 11.0 Å². The summed E-state index contributed by atoms with van der Waals surface area (Å²) in [6.45, 7) is 6.13. The molecule has 0 bridgehead atoms. The standard InChI is InChI=1S/C26H30N2O5S/c1-26(2,3)22-16-18(20-7-6-14-27-25(20)30)15-21(24(22)33-4)23(29)13-10-17-8-11-19(12-9-17)28-34(5,31)32/h6-16,23,28-29H,1-5H3,(H,27,30)/b13-10-. The van der Waals surface area contributed by atoms with Crippen molar-refractivity contribution in [1.29, 1.82) is 0 Å². The zero-order chi connectivity index (χ0) is 25.1. The van der Waals surface area contributed by atoms with Crippen molar-refractivity contribution in [3.63, 3.8) is 0 Å². The topological polar surface area (TPSA) is 108 Å². The summed E-state index contributed by atoms with van der Waals surface area (Å²) in [6.07, 6.45) is 5.03. The van der Waals surface area contributed by atoms with E-state index in [1.807, 2.05) is 26.8 Å². The summed E-state index contributed by atoms with van der Waals surface area (Å²) in [5, 5.41) is 11.1. The molecule has 180 valence electrons. The molecular formula is C26H30N2O5S. The number of ether oxygens (including phenoxy) is 1. The molecule has 3 rings (SSSR count). The molecule has 0 radical (unpaired) electrons. The zero-order valence-corrected chi connectivity index (χ0v) is 20.7. The Morgan fingerprint density at radius 1 is 1.12 bits per heavy atom. The highest BCUT2D eigenvalue weighted by molar-refractivity contribution is 7.92. The second kappa shape index (κ2) is 9.87. The van der Waals surface area contributed by atoms with Crippen molar-refractivity contribution in [1.82, 2.24) is 4.98 Å². The summed E-state index contributed by atoms with van der Waals surface area (Å²) in [5.41, 5.74) is 3.32. The Morgan fingerprint density at radius 2 is 1.79 bits per heavy atom. The van der Waals surface area contributed by atoms with Crippen LogP contribution in [0, 0.1) is 0 Å². The highest BCUT2D eigenvalue weighted by Gasteiger charge is 2.25. The van der Waals surface area contributed by atoms with Gasteiger partial charge >= 0.3 is 0 Å². The van der Waals surface area contributed by atoms with Gasteiger partial charge in [-0.2, -0.15) is 0 Å². The second-order valence-corrected chi connectivity index (χ2v) is 10.9. The minimum atomic E-state index is -3.35. The maximum absolute atomic E-state index is 12.4. The molecule has 7 nitrogen and oxygen atoms in total. The largest absolute Gasteiger partial charge is 0.496 e. The van der Waals surface area contributed by atoms with E-state index in [1.54, 1.807) is 67.9 Å². The van der Waals surface area contributed by atoms with Gasteiger partial charge in [0.1, 0.15) is 11.9 Å². The van der Waals surface area contributed by atoms with Gasteiger partial charge < -0.3 is 14.8 Å². The van der Waals surface area contributed by atoms with Crippen molar-refractivity contribution >= 4 is 21.8 Å². The third kappa shape index (κ3) is 6.15. The number of pyridine rings is 1. The summed E-state index contributed by atoms with van der Waals surface area (Å²) in [7, 11) is -1.79. The fourth-order valence-corrected chi connectivity index (χ4v) is 4.21. The van der Waals surface area contributed by atoms with Gasteiger partial charge in [0.15, 0.2) is 0 Å². The van der Waals surface area contributed by atoms with Gasteiger partial charge in [0.05, 0.1) is 13.4 Å². The number of aliphatic hydroxyl groups is 1. The first-order valence-electron chi connectivity index (χ1n) is 10.7. The van der Waals surface area contributed by atoms with E-state index in [0.717, 1.165) is 17.4 Å². The maximum Gasteiger partial charge on any atom is 0.255 e. The minimum Gasteiger partial charge on any atom is -0.496 e. The molecule has 0 amide bonds. The summed E-state index contributed by atoms with van der Waals surface area (Å²) < 4.78 is 30.9. The molecule has 0 aliphatic heterocycles. The fourth-order valence-electron chi connectivity index (χ4n) is 3.64. The second-order valence-electron chi connectivity index (χ2n) is 9.11. The van der Waals surface area contributed by atoms with Gasteiger partial charge in [0.25, 0.3) is 5.56 Å². The van der Waals surface area contributed by atoms with Crippen LogP contribution in [0.3, 0.4) is 0 Å². The van der Waals surface area contributed by atoms with Crippen molar-refractivity contribution < 1.29 is 18.3 Å². The lowest BCUT2D eigenvalue weighted by Crippen LogP contribution is -2.16. The molecule has 0 fully saturated rings. The van der Waals surface area contributed by atoms with Crippen molar-refractivity contribution in [2.75, 3.05) is 18.1 Å². The highest BCUT2D eigenvalue weighted by Crippen LogP contribution is 2.40. The van der Waals surface area contributed by atoms with Crippen molar-refractivity contribution in [2.24, 2.45) is 0 Å². The van der Waals surface area contributed by atoms with Gasteiger partial charge in [-0.1, -0.05) is 45.1 Å². The van der Waals surface area contributed by atoms with Crippen LogP contribution >= 0.6 is 0 Å². The maximum atomic E-state index is 12.4. The summed E-state index contributed by atoms with van der Waals surface area (Å²) >= 11 is 0. The lowest BCUT2D eigenvalue weighted by Gasteiger charge is -2.26. The van der Waals surface area contributed by atoms with Crippen LogP contribution in [0.1, 0.15) is 43.6 Å². The number of sulfonamides is 1. The predicted octanol–water partition coefficient (Wildman–Crippen LogP) is 4.47. The fraction of sp³-hybridized carbons (Fsp3) is 0.269. The molecule has 1 unspecified atom stereocenters. The van der Waals surface area contributed by atoms with E-state index in [9.17, 15) is 18.3 Å². The Kier molecular flexibility index (Phi) is 7.33. The molecule has 3 aromatic rings. The van der Waals surface area contributed by atoms with Crippen LogP contribution in [-0.2, 0) is 15.4 Å². The number of methoxy groups -OCH3 is 1. The number of hydrogen-bond acceptors (Lipinski definition) is 5. The molecule has 0 spiro atoms. The van der Waals surface area contributed by atoms with Gasteiger partial charge in [0.2, 0.25) is 10.0 Å². The quantitative estimate of drug-likeness (QED) is 0.461. The Morgan fingerprint density at radius 3 is 2.35 bits per heavy atom. The highest BCUT2D eigenvalue weighted by atomic mass is 32.2. The number of aromatic amines is 1. The van der Waals surface area contributed by atoms with E-state index >= 15 is 0 Å². The van der Waals surface area contributed by atoms with Crippen molar-refractivity contribution in [2.45, 2.75) is 32.3 Å². The molecular weight excluding hydrogens is 452 g/mol. The molecule has 0 aliphatic rings. The molecule has 1 atom stereocenters. The Balaban J connectivity index is 2.02. The van der Waals surface area contributed by atoms with E-state index in [2.05, 4.69) is 9.71 Å². The van der Waals surface area contributed by atoms with Crippen LogP contribution in [0.5, 0.6) is 5.75 Å². The minimum absolute atomic E-state index is 0.216. The van der Waals surface area contributed by atoms with E-state index in [4.69, 9.17) is 4.74 Å². The third-order valence-electron chi connectivity index (χ3n) is 5.26. The Bertz CT molecular complexity index is 1350. The normalized spacial score (nSPS) is 13.1. The van der Waals surface area contributed by atoms with Crippen LogP contribution in [0.4, 0.5) is 5.69 Å². The van der Waals surface area contributed by atoms with Crippen LogP contribution in [-0.4, -0.2) is 31.9 Å². The monoisotopic (exact) mass is 482 g/mol. The molecule has 3 N–H and O–H groups in total. The smallest absolute Gasteiger partial charge is 0.255 e. The number of benzene rings is 2. The predicted molar refractivity (Wildman–Crippen MR) is 137 cm³/mol. The first kappa shape index (κ1) is 25.3. The Labute approximate surface area is 200 Å². The van der Waals surface area contributed by atoms with Gasteiger partial charge in [-0.05, 0) is 52.9 Å². The average Bonchev–Trinajstić information content (AvgIpc) is 2.76. The van der Waals surface area contributed by atoms with Crippen LogP contribution < -0.4 is 15.0 Å². The van der Waals surface area contributed by atoms with E-state index in [1.165, 1.54) is 0 Å². The SMILES string of the molecule is COc1c(C(O)/C=C\c2ccc(NS(C)(=O)=O)cc2)cc(-c2ccc[nH]c2=O)cc1C(C)(C)C. The molecule has 1 heterocycles. The number of H-pyrrole nitrogens is 1. The Hall–Kier alpha value is -3.36. The molecule has 0 saturated heterocycles. The molecule has 8 heteroatoms. The molecule has 34 heavy (non-hydrogen) atoms. The molecule has 0 aliphatic carbocycles. The van der Waals surface area contributed by atoms with E-state index in [0.29, 0.717) is 28.1 Å². The van der Waals surface area contributed by atoms with E-state index < -0.39 is 16.1 Å². The lowest BCUT2D eigenvalue weighted by atomic mass is 9.82. The van der Waals surface area contributed by atoms with Gasteiger partial charge in [-0.3, -0.25) is 9.52 Å². The number of aliphatic hydroxyl groups excluding tert-OH is 1. The first-order chi connectivity index (χ1) is 15.9. The molecule has 2 aromatic carbocycles. The number of aromatic nitrogens is 1. The van der Waals surface area contributed by atoms with Gasteiger partial charge in [0, 0.05) is 28.6 Å². The zero-order valence-electron chi connectivity index (χ0n) is 19.9. The average molecular weight is 483 g/mol. The molecule has 0 saturated carbocycles.